The van der Waals surface area contributed by atoms with Crippen molar-refractivity contribution in [2.45, 2.75) is 0 Å². The van der Waals surface area contributed by atoms with Gasteiger partial charge in [-0.1, -0.05) is 127 Å². The minimum atomic E-state index is 0.914. The monoisotopic (exact) mass is 617 g/mol. The van der Waals surface area contributed by atoms with Crippen LogP contribution in [-0.2, 0) is 0 Å². The molecule has 0 saturated heterocycles. The number of rotatable bonds is 4. The number of nitrogens with zero attached hydrogens (tertiary/aromatic N) is 1. The summed E-state index contributed by atoms with van der Waals surface area (Å²) in [5.41, 5.74) is 12.4. The zero-order chi connectivity index (χ0) is 30.9. The van der Waals surface area contributed by atoms with Crippen LogP contribution in [0.25, 0.3) is 92.2 Å². The molecule has 0 unspecified atom stereocenters. The van der Waals surface area contributed by atoms with Crippen molar-refractivity contribution in [1.82, 2.24) is 4.57 Å². The average molecular weight is 618 g/mol. The second kappa shape index (κ2) is 10.3. The van der Waals surface area contributed by atoms with Crippen LogP contribution in [0.4, 0.5) is 0 Å². The summed E-state index contributed by atoms with van der Waals surface area (Å²) in [7, 11) is 0. The van der Waals surface area contributed by atoms with Crippen molar-refractivity contribution in [3.8, 4) is 39.1 Å². The number of hydrogen-bond donors (Lipinski definition) is 0. The topological polar surface area (TPSA) is 18.1 Å². The predicted molar refractivity (Wildman–Crippen MR) is 200 cm³/mol. The highest BCUT2D eigenvalue weighted by Crippen LogP contribution is 2.45. The molecule has 0 bridgehead atoms. The molecule has 0 atom stereocenters. The van der Waals surface area contributed by atoms with Crippen LogP contribution in [0.5, 0.6) is 0 Å². The fraction of sp³-hybridized carbons (Fsp3) is 0. The third-order valence-electron chi connectivity index (χ3n) is 9.41. The Morgan fingerprint density at radius 3 is 1.68 bits per heavy atom. The maximum absolute atomic E-state index is 6.85. The SMILES string of the molecule is c1ccc(-c2cccc3c2sc2c(-c4cccc(-c5cccc6c5oc5c7ccccc7n(-c7ccccc7)c65)c4)cccc23)cc1. The first-order valence-corrected chi connectivity index (χ1v) is 16.8. The van der Waals surface area contributed by atoms with Crippen molar-refractivity contribution in [1.29, 1.82) is 0 Å². The molecule has 7 aromatic carbocycles. The van der Waals surface area contributed by atoms with Gasteiger partial charge in [-0.25, -0.2) is 0 Å². The summed E-state index contributed by atoms with van der Waals surface area (Å²) >= 11 is 1.89. The molecule has 47 heavy (non-hydrogen) atoms. The fourth-order valence-electron chi connectivity index (χ4n) is 7.31. The molecule has 0 saturated carbocycles. The molecule has 0 radical (unpaired) electrons. The molecule has 3 aromatic heterocycles. The van der Waals surface area contributed by atoms with Crippen LogP contribution in [0.3, 0.4) is 0 Å². The number of hydrogen-bond acceptors (Lipinski definition) is 2. The van der Waals surface area contributed by atoms with Gasteiger partial charge in [0.05, 0.1) is 5.52 Å². The van der Waals surface area contributed by atoms with Crippen molar-refractivity contribution >= 4 is 64.5 Å². The maximum Gasteiger partial charge on any atom is 0.161 e. The Balaban J connectivity index is 1.17. The highest BCUT2D eigenvalue weighted by atomic mass is 32.1. The van der Waals surface area contributed by atoms with Gasteiger partial charge in [-0.3, -0.25) is 0 Å². The predicted octanol–water partition coefficient (Wildman–Crippen LogP) is 12.9. The lowest BCUT2D eigenvalue weighted by Crippen LogP contribution is -1.92. The van der Waals surface area contributed by atoms with Crippen molar-refractivity contribution < 1.29 is 4.42 Å². The number of benzene rings is 7. The van der Waals surface area contributed by atoms with Gasteiger partial charge in [-0.2, -0.15) is 0 Å². The van der Waals surface area contributed by atoms with Crippen molar-refractivity contribution in [3.05, 3.63) is 164 Å². The molecule has 10 rings (SSSR count). The van der Waals surface area contributed by atoms with E-state index < -0.39 is 0 Å². The van der Waals surface area contributed by atoms with Crippen LogP contribution in [0.15, 0.2) is 168 Å². The van der Waals surface area contributed by atoms with Crippen molar-refractivity contribution in [3.63, 3.8) is 0 Å². The normalized spacial score (nSPS) is 11.8. The van der Waals surface area contributed by atoms with E-state index in [1.165, 1.54) is 42.4 Å². The van der Waals surface area contributed by atoms with Crippen LogP contribution in [0.1, 0.15) is 0 Å². The molecule has 2 nitrogen and oxygen atoms in total. The Bertz CT molecular complexity index is 2780. The van der Waals surface area contributed by atoms with E-state index in [0.717, 1.165) is 49.8 Å². The van der Waals surface area contributed by atoms with Gasteiger partial charge in [0.1, 0.15) is 11.1 Å². The first kappa shape index (κ1) is 26.3. The standard InChI is InChI=1S/C44H27NOS/c1-3-13-28(14-4-1)33-21-11-23-35-36-24-12-22-34(44(36)47-43(33)35)30-16-9-15-29(27-30)32-20-10-25-38-40-42(46-41(32)38)37-19-7-8-26-39(37)45(40)31-17-5-2-6-18-31/h1-27H. The summed E-state index contributed by atoms with van der Waals surface area (Å²) in [4.78, 5) is 0. The number of aromatic nitrogens is 1. The highest BCUT2D eigenvalue weighted by molar-refractivity contribution is 7.26. The third-order valence-corrected chi connectivity index (χ3v) is 10.7. The van der Waals surface area contributed by atoms with E-state index in [2.05, 4.69) is 168 Å². The lowest BCUT2D eigenvalue weighted by molar-refractivity contribution is 0.674. The van der Waals surface area contributed by atoms with Gasteiger partial charge in [-0.05, 0) is 64.2 Å². The van der Waals surface area contributed by atoms with E-state index in [9.17, 15) is 0 Å². The average Bonchev–Trinajstić information content (AvgIpc) is 3.81. The van der Waals surface area contributed by atoms with Gasteiger partial charge >= 0.3 is 0 Å². The third kappa shape index (κ3) is 3.97. The molecule has 0 aliphatic carbocycles. The smallest absolute Gasteiger partial charge is 0.161 e. The fourth-order valence-corrected chi connectivity index (χ4v) is 8.68. The number of fused-ring (bicyclic) bond motifs is 8. The van der Waals surface area contributed by atoms with Gasteiger partial charge < -0.3 is 8.98 Å². The second-order valence-electron chi connectivity index (χ2n) is 12.1. The van der Waals surface area contributed by atoms with E-state index in [1.807, 2.05) is 11.3 Å². The lowest BCUT2D eigenvalue weighted by Gasteiger charge is -2.09. The largest absolute Gasteiger partial charge is 0.453 e. The lowest BCUT2D eigenvalue weighted by atomic mass is 9.96. The summed E-state index contributed by atoms with van der Waals surface area (Å²) < 4.78 is 11.8. The van der Waals surface area contributed by atoms with Crippen LogP contribution in [-0.4, -0.2) is 4.57 Å². The first-order valence-electron chi connectivity index (χ1n) is 15.9. The molecule has 10 aromatic rings. The minimum Gasteiger partial charge on any atom is -0.453 e. The summed E-state index contributed by atoms with van der Waals surface area (Å²) in [6, 6.07) is 58.7. The number of para-hydroxylation sites is 3. The van der Waals surface area contributed by atoms with Crippen LogP contribution in [0.2, 0.25) is 0 Å². The van der Waals surface area contributed by atoms with Gasteiger partial charge in [0.25, 0.3) is 0 Å². The molecular weight excluding hydrogens is 591 g/mol. The Morgan fingerprint density at radius 1 is 0.404 bits per heavy atom. The quantitative estimate of drug-likeness (QED) is 0.192. The molecule has 0 N–H and O–H groups in total. The molecule has 3 heterocycles. The summed E-state index contributed by atoms with van der Waals surface area (Å²) in [5.74, 6) is 0. The van der Waals surface area contributed by atoms with Crippen LogP contribution < -0.4 is 0 Å². The van der Waals surface area contributed by atoms with Gasteiger partial charge in [0.2, 0.25) is 0 Å². The Labute approximate surface area is 275 Å². The molecule has 0 aliphatic rings. The van der Waals surface area contributed by atoms with E-state index in [1.54, 1.807) is 0 Å². The molecule has 3 heteroatoms. The summed E-state index contributed by atoms with van der Waals surface area (Å²) in [6.45, 7) is 0. The van der Waals surface area contributed by atoms with Crippen LogP contribution in [0, 0.1) is 0 Å². The Morgan fingerprint density at radius 2 is 0.936 bits per heavy atom. The zero-order valence-corrected chi connectivity index (χ0v) is 26.2. The zero-order valence-electron chi connectivity index (χ0n) is 25.4. The minimum absolute atomic E-state index is 0.914. The van der Waals surface area contributed by atoms with E-state index in [0.29, 0.717) is 0 Å². The van der Waals surface area contributed by atoms with Gasteiger partial charge in [0, 0.05) is 42.2 Å². The van der Waals surface area contributed by atoms with E-state index >= 15 is 0 Å². The van der Waals surface area contributed by atoms with E-state index in [-0.39, 0.29) is 0 Å². The first-order chi connectivity index (χ1) is 23.3. The number of furan rings is 1. The Kier molecular flexibility index (Phi) is 5.78. The maximum atomic E-state index is 6.85. The summed E-state index contributed by atoms with van der Waals surface area (Å²) in [5, 5.41) is 4.84. The molecule has 0 aliphatic heterocycles. The molecule has 0 fully saturated rings. The van der Waals surface area contributed by atoms with E-state index in [4.69, 9.17) is 4.42 Å². The molecular formula is C44H27NOS. The summed E-state index contributed by atoms with van der Waals surface area (Å²) in [6.07, 6.45) is 0. The molecule has 0 amide bonds. The molecule has 220 valence electrons. The van der Waals surface area contributed by atoms with Gasteiger partial charge in [-0.15, -0.1) is 11.3 Å². The second-order valence-corrected chi connectivity index (χ2v) is 13.1. The van der Waals surface area contributed by atoms with Crippen LogP contribution >= 0.6 is 11.3 Å². The van der Waals surface area contributed by atoms with Crippen molar-refractivity contribution in [2.75, 3.05) is 0 Å². The number of thiophene rings is 1. The Hall–Kier alpha value is -5.90. The highest BCUT2D eigenvalue weighted by Gasteiger charge is 2.21. The van der Waals surface area contributed by atoms with Gasteiger partial charge in [0.15, 0.2) is 5.58 Å². The van der Waals surface area contributed by atoms with Crippen molar-refractivity contribution in [2.24, 2.45) is 0 Å². The molecule has 0 spiro atoms.